The van der Waals surface area contributed by atoms with Crippen LogP contribution >= 0.6 is 12.4 Å². The molecule has 2 rings (SSSR count). The lowest BCUT2D eigenvalue weighted by Gasteiger charge is -2.21. The van der Waals surface area contributed by atoms with Crippen molar-refractivity contribution in [2.75, 3.05) is 19.7 Å². The Balaban J connectivity index is 0.000000720. The Labute approximate surface area is 76.3 Å². The first-order chi connectivity index (χ1) is 5.47. The maximum absolute atomic E-state index is 5.44. The molecule has 0 spiro atoms. The minimum absolute atomic E-state index is 0. The van der Waals surface area contributed by atoms with E-state index in [0.717, 1.165) is 25.4 Å². The van der Waals surface area contributed by atoms with Crippen molar-refractivity contribution >= 4 is 12.4 Å². The van der Waals surface area contributed by atoms with Gasteiger partial charge in [-0.25, -0.2) is 0 Å². The molecule has 0 aromatic carbocycles. The lowest BCUT2D eigenvalue weighted by molar-refractivity contribution is 0.0250. The Hall–Kier alpha value is -0.650. The van der Waals surface area contributed by atoms with Crippen LogP contribution in [0.5, 0.6) is 0 Å². The topological polar surface area (TPSA) is 62.8 Å². The van der Waals surface area contributed by atoms with Crippen LogP contribution in [0.4, 0.5) is 0 Å². The Morgan fingerprint density at radius 2 is 2.50 bits per heavy atom. The summed E-state index contributed by atoms with van der Waals surface area (Å²) in [4.78, 5) is 0. The standard InChI is InChI=1S/C6H10N4O.ClH/c1-2-11-6(4-7-1)5-3-8-10-9-5;/h3,6-7H,1-2,4H2,(H,8,9,10);1H. The average Bonchev–Trinajstić information content (AvgIpc) is 2.58. The highest BCUT2D eigenvalue weighted by Gasteiger charge is 2.17. The number of hydrogen-bond acceptors (Lipinski definition) is 4. The maximum atomic E-state index is 5.44. The van der Waals surface area contributed by atoms with E-state index < -0.39 is 0 Å². The molecule has 0 amide bonds. The van der Waals surface area contributed by atoms with Gasteiger partial charge in [0.25, 0.3) is 0 Å². The van der Waals surface area contributed by atoms with Gasteiger partial charge in [0.2, 0.25) is 0 Å². The van der Waals surface area contributed by atoms with E-state index in [1.807, 2.05) is 0 Å². The molecular formula is C6H11ClN4O. The first-order valence-electron chi connectivity index (χ1n) is 3.65. The third kappa shape index (κ3) is 1.94. The van der Waals surface area contributed by atoms with Gasteiger partial charge in [0.1, 0.15) is 11.8 Å². The van der Waals surface area contributed by atoms with Gasteiger partial charge in [-0.2, -0.15) is 15.4 Å². The van der Waals surface area contributed by atoms with Gasteiger partial charge in [-0.1, -0.05) is 0 Å². The summed E-state index contributed by atoms with van der Waals surface area (Å²) in [6, 6.07) is 0. The van der Waals surface area contributed by atoms with Crippen molar-refractivity contribution < 1.29 is 4.74 Å². The molecule has 1 fully saturated rings. The smallest absolute Gasteiger partial charge is 0.115 e. The second-order valence-electron chi connectivity index (χ2n) is 2.46. The number of aromatic nitrogens is 3. The Bertz CT molecular complexity index is 209. The number of aromatic amines is 1. The third-order valence-electron chi connectivity index (χ3n) is 1.69. The molecule has 0 bridgehead atoms. The van der Waals surface area contributed by atoms with Gasteiger partial charge in [0.15, 0.2) is 0 Å². The maximum Gasteiger partial charge on any atom is 0.115 e. The summed E-state index contributed by atoms with van der Waals surface area (Å²) in [5.41, 5.74) is 0.872. The van der Waals surface area contributed by atoms with E-state index >= 15 is 0 Å². The molecule has 1 saturated heterocycles. The molecule has 1 aliphatic rings. The van der Waals surface area contributed by atoms with Crippen LogP contribution in [-0.2, 0) is 4.74 Å². The van der Waals surface area contributed by atoms with Crippen LogP contribution in [0.1, 0.15) is 11.8 Å². The molecule has 0 radical (unpaired) electrons. The zero-order valence-electron chi connectivity index (χ0n) is 6.49. The second kappa shape index (κ2) is 4.39. The minimum Gasteiger partial charge on any atom is -0.369 e. The van der Waals surface area contributed by atoms with Crippen LogP contribution in [0.15, 0.2) is 6.20 Å². The number of morpholine rings is 1. The van der Waals surface area contributed by atoms with Gasteiger partial charge in [-0.05, 0) is 0 Å². The molecule has 1 aliphatic heterocycles. The Morgan fingerprint density at radius 3 is 3.08 bits per heavy atom. The summed E-state index contributed by atoms with van der Waals surface area (Å²) in [7, 11) is 0. The van der Waals surface area contributed by atoms with Crippen molar-refractivity contribution in [1.82, 2.24) is 20.7 Å². The summed E-state index contributed by atoms with van der Waals surface area (Å²) in [6.07, 6.45) is 1.76. The van der Waals surface area contributed by atoms with E-state index in [1.54, 1.807) is 6.20 Å². The highest BCUT2D eigenvalue weighted by molar-refractivity contribution is 5.85. The van der Waals surface area contributed by atoms with E-state index in [-0.39, 0.29) is 18.5 Å². The van der Waals surface area contributed by atoms with Gasteiger partial charge >= 0.3 is 0 Å². The zero-order chi connectivity index (χ0) is 7.52. The first-order valence-corrected chi connectivity index (χ1v) is 3.65. The lowest BCUT2D eigenvalue weighted by Crippen LogP contribution is -2.33. The fraction of sp³-hybridized carbons (Fsp3) is 0.667. The number of nitrogens with one attached hydrogen (secondary N) is 2. The average molecular weight is 191 g/mol. The summed E-state index contributed by atoms with van der Waals surface area (Å²) in [5.74, 6) is 0. The molecule has 2 N–H and O–H groups in total. The van der Waals surface area contributed by atoms with Crippen molar-refractivity contribution in [1.29, 1.82) is 0 Å². The number of H-pyrrole nitrogens is 1. The van der Waals surface area contributed by atoms with E-state index in [9.17, 15) is 0 Å². The molecule has 1 aromatic heterocycles. The molecule has 0 aliphatic carbocycles. The molecular weight excluding hydrogens is 180 g/mol. The van der Waals surface area contributed by atoms with Gasteiger partial charge in [0, 0.05) is 13.1 Å². The number of halogens is 1. The number of ether oxygens (including phenoxy) is 1. The molecule has 2 heterocycles. The Morgan fingerprint density at radius 1 is 1.58 bits per heavy atom. The number of rotatable bonds is 1. The summed E-state index contributed by atoms with van der Waals surface area (Å²) < 4.78 is 5.44. The highest BCUT2D eigenvalue weighted by atomic mass is 35.5. The van der Waals surface area contributed by atoms with Crippen LogP contribution in [-0.4, -0.2) is 35.1 Å². The number of nitrogens with zero attached hydrogens (tertiary/aromatic N) is 2. The van der Waals surface area contributed by atoms with Crippen LogP contribution < -0.4 is 5.32 Å². The number of hydrogen-bond donors (Lipinski definition) is 2. The summed E-state index contributed by atoms with van der Waals surface area (Å²) >= 11 is 0. The molecule has 5 nitrogen and oxygen atoms in total. The predicted molar refractivity (Wildman–Crippen MR) is 45.2 cm³/mol. The van der Waals surface area contributed by atoms with Crippen LogP contribution in [0.3, 0.4) is 0 Å². The van der Waals surface area contributed by atoms with E-state index in [1.165, 1.54) is 0 Å². The van der Waals surface area contributed by atoms with Crippen molar-refractivity contribution in [2.45, 2.75) is 6.10 Å². The summed E-state index contributed by atoms with van der Waals surface area (Å²) in [5, 5.41) is 13.4. The van der Waals surface area contributed by atoms with Crippen molar-refractivity contribution in [2.24, 2.45) is 0 Å². The fourth-order valence-electron chi connectivity index (χ4n) is 1.12. The van der Waals surface area contributed by atoms with E-state index in [2.05, 4.69) is 20.7 Å². The lowest BCUT2D eigenvalue weighted by atomic mass is 10.2. The molecule has 12 heavy (non-hydrogen) atoms. The third-order valence-corrected chi connectivity index (χ3v) is 1.69. The summed E-state index contributed by atoms with van der Waals surface area (Å²) in [6.45, 7) is 2.50. The largest absolute Gasteiger partial charge is 0.369 e. The van der Waals surface area contributed by atoms with Crippen LogP contribution in [0.2, 0.25) is 0 Å². The van der Waals surface area contributed by atoms with Gasteiger partial charge < -0.3 is 10.1 Å². The monoisotopic (exact) mass is 190 g/mol. The quantitative estimate of drug-likeness (QED) is 0.649. The predicted octanol–water partition coefficient (Wildman–Crippen LogP) is -0.113. The van der Waals surface area contributed by atoms with Crippen LogP contribution in [0, 0.1) is 0 Å². The molecule has 68 valence electrons. The first kappa shape index (κ1) is 9.44. The molecule has 0 saturated carbocycles. The van der Waals surface area contributed by atoms with Gasteiger partial charge in [0.05, 0.1) is 12.8 Å². The van der Waals surface area contributed by atoms with Gasteiger partial charge in [-0.15, -0.1) is 12.4 Å². The van der Waals surface area contributed by atoms with E-state index in [4.69, 9.17) is 4.74 Å². The van der Waals surface area contributed by atoms with E-state index in [0.29, 0.717) is 0 Å². The van der Waals surface area contributed by atoms with Crippen molar-refractivity contribution in [3.63, 3.8) is 0 Å². The molecule has 1 aromatic rings. The van der Waals surface area contributed by atoms with Crippen molar-refractivity contribution in [3.05, 3.63) is 11.9 Å². The molecule has 1 atom stereocenters. The fourth-order valence-corrected chi connectivity index (χ4v) is 1.12. The van der Waals surface area contributed by atoms with Crippen LogP contribution in [0.25, 0.3) is 0 Å². The minimum atomic E-state index is 0. The highest BCUT2D eigenvalue weighted by Crippen LogP contribution is 2.13. The molecule has 1 unspecified atom stereocenters. The van der Waals surface area contributed by atoms with Gasteiger partial charge in [-0.3, -0.25) is 0 Å². The Kier molecular flexibility index (Phi) is 3.46. The SMILES string of the molecule is Cl.c1n[nH]nc1C1CNCCO1. The second-order valence-corrected chi connectivity index (χ2v) is 2.46. The zero-order valence-corrected chi connectivity index (χ0v) is 7.30. The normalized spacial score (nSPS) is 23.2. The van der Waals surface area contributed by atoms with Crippen molar-refractivity contribution in [3.8, 4) is 0 Å². The molecule has 6 heteroatoms.